The molecule has 29 heavy (non-hydrogen) atoms. The van der Waals surface area contributed by atoms with Crippen LogP contribution in [0.5, 0.6) is 0 Å². The maximum atomic E-state index is 13.4. The quantitative estimate of drug-likeness (QED) is 0.290. The number of nitrogens with zero attached hydrogens (tertiary/aromatic N) is 3. The van der Waals surface area contributed by atoms with E-state index in [-0.39, 0.29) is 5.82 Å². The van der Waals surface area contributed by atoms with Gasteiger partial charge in [0.05, 0.1) is 12.2 Å². The van der Waals surface area contributed by atoms with Gasteiger partial charge in [0.25, 0.3) is 0 Å². The van der Waals surface area contributed by atoms with Gasteiger partial charge >= 0.3 is 0 Å². The molecule has 3 rings (SSSR count). The van der Waals surface area contributed by atoms with Crippen LogP contribution in [0.2, 0.25) is 0 Å². The third kappa shape index (κ3) is 7.78. The average molecular weight is 458 g/mol. The molecule has 2 aromatic carbocycles. The van der Waals surface area contributed by atoms with Crippen molar-refractivity contribution in [3.05, 3.63) is 83.4 Å². The zero-order valence-corrected chi connectivity index (χ0v) is 19.4. The summed E-state index contributed by atoms with van der Waals surface area (Å²) in [6.45, 7) is 13.7. The Balaban J connectivity index is 0.000000771. The number of aryl methyl sites for hydroxylation is 1. The minimum Gasteiger partial charge on any atom is -0.325 e. The molecule has 0 bridgehead atoms. The highest BCUT2D eigenvalue weighted by molar-refractivity contribution is 9.10. The van der Waals surface area contributed by atoms with E-state index < -0.39 is 0 Å². The van der Waals surface area contributed by atoms with E-state index >= 15 is 0 Å². The fraction of sp³-hybridized carbons (Fsp3) is 0.250. The van der Waals surface area contributed by atoms with Gasteiger partial charge in [-0.25, -0.2) is 9.37 Å². The van der Waals surface area contributed by atoms with Gasteiger partial charge in [0, 0.05) is 28.1 Å². The Morgan fingerprint density at radius 1 is 1.24 bits per heavy atom. The summed E-state index contributed by atoms with van der Waals surface area (Å²) in [7, 11) is 0. The van der Waals surface area contributed by atoms with E-state index in [1.807, 2.05) is 69.6 Å². The molecule has 0 N–H and O–H groups in total. The molecule has 3 nitrogen and oxygen atoms in total. The largest absolute Gasteiger partial charge is 0.325 e. The molecule has 0 radical (unpaired) electrons. The molecule has 0 atom stereocenters. The average Bonchev–Trinajstić information content (AvgIpc) is 3.15. The molecular weight excluding hydrogens is 429 g/mol. The number of aliphatic imine (C=N–C) groups is 1. The summed E-state index contributed by atoms with van der Waals surface area (Å²) in [4.78, 5) is 9.01. The molecule has 0 saturated carbocycles. The van der Waals surface area contributed by atoms with E-state index in [0.29, 0.717) is 12.2 Å². The molecule has 0 spiro atoms. The number of hydrogen-bond donors (Lipinski definition) is 0. The van der Waals surface area contributed by atoms with Crippen LogP contribution in [0.4, 0.5) is 10.1 Å². The first-order valence-corrected chi connectivity index (χ1v) is 10.4. The molecule has 0 aliphatic heterocycles. The second kappa shape index (κ2) is 12.8. The van der Waals surface area contributed by atoms with E-state index in [2.05, 4.69) is 32.5 Å². The van der Waals surface area contributed by atoms with Gasteiger partial charge in [0.15, 0.2) is 0 Å². The summed E-state index contributed by atoms with van der Waals surface area (Å²) in [6.07, 6.45) is 5.45. The lowest BCUT2D eigenvalue weighted by Crippen LogP contribution is -2.07. The molecule has 1 aromatic heterocycles. The Morgan fingerprint density at radius 2 is 1.93 bits per heavy atom. The predicted molar refractivity (Wildman–Crippen MR) is 126 cm³/mol. The van der Waals surface area contributed by atoms with Crippen LogP contribution in [0.15, 0.2) is 77.0 Å². The molecular formula is C24H29BrFN3. The van der Waals surface area contributed by atoms with Gasteiger partial charge in [0.2, 0.25) is 0 Å². The Hall–Kier alpha value is -2.53. The Bertz CT molecular complexity index is 945. The Morgan fingerprint density at radius 3 is 2.59 bits per heavy atom. The van der Waals surface area contributed by atoms with Crippen LogP contribution >= 0.6 is 15.9 Å². The minimum absolute atomic E-state index is 0.274. The SMILES string of the molecule is C=CC.CC.CC(Cn1ccnc1-c1cccc(Br)c1)=Nc1cc(F)ccc1C. The lowest BCUT2D eigenvalue weighted by Gasteiger charge is -2.09. The Kier molecular flexibility index (Phi) is 10.8. The minimum atomic E-state index is -0.274. The van der Waals surface area contributed by atoms with Crippen LogP contribution in [0.25, 0.3) is 11.4 Å². The van der Waals surface area contributed by atoms with Crippen LogP contribution in [-0.2, 0) is 6.54 Å². The summed E-state index contributed by atoms with van der Waals surface area (Å²) in [5, 5.41) is 0. The van der Waals surface area contributed by atoms with Crippen molar-refractivity contribution in [1.82, 2.24) is 9.55 Å². The second-order valence-corrected chi connectivity index (χ2v) is 6.99. The third-order valence-corrected chi connectivity index (χ3v) is 4.17. The van der Waals surface area contributed by atoms with Crippen molar-refractivity contribution in [3.63, 3.8) is 0 Å². The highest BCUT2D eigenvalue weighted by atomic mass is 79.9. The van der Waals surface area contributed by atoms with Gasteiger partial charge < -0.3 is 4.57 Å². The maximum absolute atomic E-state index is 13.4. The molecule has 0 aliphatic carbocycles. The van der Waals surface area contributed by atoms with Crippen LogP contribution in [0, 0.1) is 12.7 Å². The molecule has 0 unspecified atom stereocenters. The van der Waals surface area contributed by atoms with Crippen molar-refractivity contribution in [1.29, 1.82) is 0 Å². The zero-order chi connectivity index (χ0) is 21.8. The highest BCUT2D eigenvalue weighted by Gasteiger charge is 2.08. The van der Waals surface area contributed by atoms with Crippen molar-refractivity contribution < 1.29 is 4.39 Å². The second-order valence-electron chi connectivity index (χ2n) is 6.08. The van der Waals surface area contributed by atoms with Crippen molar-refractivity contribution in [3.8, 4) is 11.4 Å². The number of imidazole rings is 1. The number of benzene rings is 2. The third-order valence-electron chi connectivity index (χ3n) is 3.68. The molecule has 0 fully saturated rings. The van der Waals surface area contributed by atoms with Gasteiger partial charge in [-0.3, -0.25) is 4.99 Å². The molecule has 3 aromatic rings. The molecule has 154 valence electrons. The first-order chi connectivity index (χ1) is 13.9. The molecule has 0 saturated heterocycles. The standard InChI is InChI=1S/C19H17BrFN3.C3H6.C2H6/c1-13-6-7-17(21)11-18(13)23-14(2)12-24-9-8-22-19(24)15-4-3-5-16(20)10-15;1-3-2;1-2/h3-11H,12H2,1-2H3;3H,1H2,2H3;1-2H3. The van der Waals surface area contributed by atoms with Crippen LogP contribution < -0.4 is 0 Å². The molecule has 5 heteroatoms. The van der Waals surface area contributed by atoms with Gasteiger partial charge in [0.1, 0.15) is 11.6 Å². The van der Waals surface area contributed by atoms with Gasteiger partial charge in [-0.1, -0.05) is 54.1 Å². The fourth-order valence-corrected chi connectivity index (χ4v) is 2.91. The summed E-state index contributed by atoms with van der Waals surface area (Å²) >= 11 is 3.49. The van der Waals surface area contributed by atoms with E-state index in [0.717, 1.165) is 27.1 Å². The maximum Gasteiger partial charge on any atom is 0.140 e. The van der Waals surface area contributed by atoms with Crippen LogP contribution in [0.1, 0.15) is 33.3 Å². The highest BCUT2D eigenvalue weighted by Crippen LogP contribution is 2.23. The van der Waals surface area contributed by atoms with Gasteiger partial charge in [-0.2, -0.15) is 0 Å². The summed E-state index contributed by atoms with van der Waals surface area (Å²) in [6, 6.07) is 12.7. The number of rotatable bonds is 4. The smallest absolute Gasteiger partial charge is 0.140 e. The van der Waals surface area contributed by atoms with E-state index in [1.165, 1.54) is 12.1 Å². The van der Waals surface area contributed by atoms with Gasteiger partial charge in [-0.15, -0.1) is 6.58 Å². The monoisotopic (exact) mass is 457 g/mol. The Labute approximate surface area is 182 Å². The number of aromatic nitrogens is 2. The normalized spacial score (nSPS) is 10.4. The lowest BCUT2D eigenvalue weighted by atomic mass is 10.2. The first kappa shape index (κ1) is 24.5. The molecule has 0 aliphatic rings. The summed E-state index contributed by atoms with van der Waals surface area (Å²) in [5.74, 6) is 0.603. The van der Waals surface area contributed by atoms with Gasteiger partial charge in [-0.05, 0) is 50.6 Å². The van der Waals surface area contributed by atoms with E-state index in [1.54, 1.807) is 18.3 Å². The molecule has 0 amide bonds. The van der Waals surface area contributed by atoms with Crippen LogP contribution in [0.3, 0.4) is 0 Å². The number of halogens is 2. The summed E-state index contributed by atoms with van der Waals surface area (Å²) in [5.41, 5.74) is 3.53. The van der Waals surface area contributed by atoms with E-state index in [9.17, 15) is 4.39 Å². The predicted octanol–water partition coefficient (Wildman–Crippen LogP) is 7.77. The fourth-order valence-electron chi connectivity index (χ4n) is 2.52. The summed E-state index contributed by atoms with van der Waals surface area (Å²) < 4.78 is 16.5. The number of allylic oxidation sites excluding steroid dienone is 1. The zero-order valence-electron chi connectivity index (χ0n) is 17.8. The van der Waals surface area contributed by atoms with Crippen molar-refractivity contribution in [2.24, 2.45) is 4.99 Å². The first-order valence-electron chi connectivity index (χ1n) is 9.59. The lowest BCUT2D eigenvalue weighted by molar-refractivity contribution is 0.628. The topological polar surface area (TPSA) is 30.2 Å². The van der Waals surface area contributed by atoms with Crippen LogP contribution in [-0.4, -0.2) is 15.3 Å². The van der Waals surface area contributed by atoms with Crippen molar-refractivity contribution in [2.75, 3.05) is 0 Å². The number of hydrogen-bond acceptors (Lipinski definition) is 2. The van der Waals surface area contributed by atoms with E-state index in [4.69, 9.17) is 0 Å². The van der Waals surface area contributed by atoms with Crippen molar-refractivity contribution in [2.45, 2.75) is 41.2 Å². The van der Waals surface area contributed by atoms with Crippen molar-refractivity contribution >= 4 is 27.3 Å². The molecule has 1 heterocycles.